The summed E-state index contributed by atoms with van der Waals surface area (Å²) in [7, 11) is 0. The molecule has 10 rings (SSSR count). The highest BCUT2D eigenvalue weighted by molar-refractivity contribution is 6.10. The Morgan fingerprint density at radius 1 is 0.379 bits per heavy atom. The van der Waals surface area contributed by atoms with Crippen LogP contribution >= 0.6 is 0 Å². The van der Waals surface area contributed by atoms with Crippen LogP contribution < -0.4 is 4.90 Å². The van der Waals surface area contributed by atoms with Crippen LogP contribution in [0.1, 0.15) is 24.0 Å². The van der Waals surface area contributed by atoms with Crippen LogP contribution in [-0.4, -0.2) is 4.57 Å². The minimum Gasteiger partial charge on any atom is -0.310 e. The molecule has 0 aliphatic carbocycles. The Morgan fingerprint density at radius 3 is 1.59 bits per heavy atom. The van der Waals surface area contributed by atoms with E-state index in [0.29, 0.717) is 0 Å². The molecule has 58 heavy (non-hydrogen) atoms. The number of hydrogen-bond acceptors (Lipinski definition) is 1. The number of para-hydroxylation sites is 3. The van der Waals surface area contributed by atoms with Gasteiger partial charge in [0.15, 0.2) is 0 Å². The molecule has 0 aliphatic heterocycles. The van der Waals surface area contributed by atoms with Gasteiger partial charge >= 0.3 is 0 Å². The molecule has 1 atom stereocenters. The van der Waals surface area contributed by atoms with Crippen molar-refractivity contribution in [2.24, 2.45) is 0 Å². The molecule has 0 bridgehead atoms. The number of hydrogen-bond donors (Lipinski definition) is 0. The van der Waals surface area contributed by atoms with E-state index in [2.05, 4.69) is 247 Å². The van der Waals surface area contributed by atoms with Gasteiger partial charge in [0.05, 0.1) is 16.7 Å². The summed E-state index contributed by atoms with van der Waals surface area (Å²) in [5.74, 6) is 0.224. The number of benzene rings is 9. The molecule has 2 heteroatoms. The first kappa shape index (κ1) is 35.0. The van der Waals surface area contributed by atoms with Crippen LogP contribution in [0.5, 0.6) is 0 Å². The Balaban J connectivity index is 1.09. The minimum absolute atomic E-state index is 0.224. The molecule has 0 radical (unpaired) electrons. The Kier molecular flexibility index (Phi) is 9.21. The summed E-state index contributed by atoms with van der Waals surface area (Å²) in [4.78, 5) is 2.41. The van der Waals surface area contributed by atoms with Crippen molar-refractivity contribution in [2.45, 2.75) is 12.8 Å². The first-order valence-electron chi connectivity index (χ1n) is 20.1. The van der Waals surface area contributed by atoms with Gasteiger partial charge in [-0.1, -0.05) is 177 Å². The van der Waals surface area contributed by atoms with Crippen molar-refractivity contribution in [2.75, 3.05) is 4.90 Å². The average molecular weight is 743 g/mol. The summed E-state index contributed by atoms with van der Waals surface area (Å²) in [5, 5.41) is 2.50. The van der Waals surface area contributed by atoms with E-state index in [4.69, 9.17) is 0 Å². The Bertz CT molecular complexity index is 2980. The molecule has 0 saturated carbocycles. The van der Waals surface area contributed by atoms with Gasteiger partial charge in [0.1, 0.15) is 0 Å². The third-order valence-electron chi connectivity index (χ3n) is 11.5. The maximum Gasteiger partial charge on any atom is 0.0541 e. The van der Waals surface area contributed by atoms with Gasteiger partial charge in [0, 0.05) is 39.3 Å². The molecule has 0 spiro atoms. The van der Waals surface area contributed by atoms with Crippen molar-refractivity contribution in [3.8, 4) is 39.1 Å². The van der Waals surface area contributed by atoms with E-state index >= 15 is 0 Å². The zero-order chi connectivity index (χ0) is 38.8. The normalized spacial score (nSPS) is 11.8. The molecular formula is C56H42N2. The monoisotopic (exact) mass is 742 g/mol. The lowest BCUT2D eigenvalue weighted by atomic mass is 9.86. The third kappa shape index (κ3) is 6.45. The van der Waals surface area contributed by atoms with Gasteiger partial charge in [-0.15, -0.1) is 0 Å². The van der Waals surface area contributed by atoms with Crippen LogP contribution in [-0.2, 0) is 0 Å². The number of rotatable bonds is 9. The SMILES string of the molecule is CC(c1ccccc1)c1ccccc1-c1ccccc1N(c1ccc(-c2ccccc2)cc1)c1ccc(-c2ccc3c(c2)c2ccccc2n3-c2ccccc2)cc1. The molecule has 1 aromatic heterocycles. The zero-order valence-electron chi connectivity index (χ0n) is 32.4. The summed E-state index contributed by atoms with van der Waals surface area (Å²) in [6.07, 6.45) is 0. The molecule has 0 aliphatic rings. The van der Waals surface area contributed by atoms with E-state index in [1.807, 2.05) is 0 Å². The molecule has 0 saturated heterocycles. The van der Waals surface area contributed by atoms with E-state index in [0.717, 1.165) is 17.1 Å². The lowest BCUT2D eigenvalue weighted by molar-refractivity contribution is 0.925. The van der Waals surface area contributed by atoms with Crippen molar-refractivity contribution in [1.29, 1.82) is 0 Å². The summed E-state index contributed by atoms with van der Waals surface area (Å²) < 4.78 is 2.37. The first-order chi connectivity index (χ1) is 28.7. The van der Waals surface area contributed by atoms with Gasteiger partial charge in [-0.3, -0.25) is 0 Å². The van der Waals surface area contributed by atoms with E-state index < -0.39 is 0 Å². The van der Waals surface area contributed by atoms with Crippen LogP contribution in [0.15, 0.2) is 231 Å². The molecule has 1 heterocycles. The fourth-order valence-corrected chi connectivity index (χ4v) is 8.61. The molecule has 0 amide bonds. The fourth-order valence-electron chi connectivity index (χ4n) is 8.61. The van der Waals surface area contributed by atoms with Crippen LogP contribution in [0.25, 0.3) is 60.9 Å². The van der Waals surface area contributed by atoms with Gasteiger partial charge in [-0.25, -0.2) is 0 Å². The molecule has 0 fully saturated rings. The van der Waals surface area contributed by atoms with E-state index in [9.17, 15) is 0 Å². The highest BCUT2D eigenvalue weighted by atomic mass is 15.1. The summed E-state index contributed by atoms with van der Waals surface area (Å²) in [6.45, 7) is 2.31. The number of anilines is 3. The molecule has 2 nitrogen and oxygen atoms in total. The predicted octanol–water partition coefficient (Wildman–Crippen LogP) is 15.4. The standard InChI is InChI=1S/C56H42N2/c1-40(41-17-5-2-6-18-41)49-23-11-12-24-50(49)51-25-13-15-27-54(51)57(47-34-29-43(30-35-47)42-19-7-3-8-20-42)48-36-31-44(32-37-48)45-33-38-56-53(39-45)52-26-14-16-28-55(52)58(56)46-21-9-4-10-22-46/h2-40H,1H3. The minimum atomic E-state index is 0.224. The quantitative estimate of drug-likeness (QED) is 0.143. The number of aromatic nitrogens is 1. The highest BCUT2D eigenvalue weighted by Gasteiger charge is 2.21. The maximum absolute atomic E-state index is 2.41. The predicted molar refractivity (Wildman–Crippen MR) is 246 cm³/mol. The van der Waals surface area contributed by atoms with Crippen LogP contribution in [0.2, 0.25) is 0 Å². The van der Waals surface area contributed by atoms with Crippen molar-refractivity contribution >= 4 is 38.9 Å². The zero-order valence-corrected chi connectivity index (χ0v) is 32.4. The molecule has 1 unspecified atom stereocenters. The van der Waals surface area contributed by atoms with Gasteiger partial charge in [0.25, 0.3) is 0 Å². The van der Waals surface area contributed by atoms with E-state index in [1.165, 1.54) is 72.0 Å². The van der Waals surface area contributed by atoms with Crippen molar-refractivity contribution in [3.05, 3.63) is 242 Å². The van der Waals surface area contributed by atoms with Gasteiger partial charge in [0.2, 0.25) is 0 Å². The molecule has 0 N–H and O–H groups in total. The Morgan fingerprint density at radius 2 is 0.879 bits per heavy atom. The second kappa shape index (κ2) is 15.3. The summed E-state index contributed by atoms with van der Waals surface area (Å²) in [5.41, 5.74) is 16.7. The van der Waals surface area contributed by atoms with E-state index in [1.54, 1.807) is 0 Å². The number of nitrogens with zero attached hydrogens (tertiary/aromatic N) is 2. The lowest BCUT2D eigenvalue weighted by Crippen LogP contribution is -2.11. The molecular weight excluding hydrogens is 701 g/mol. The molecule has 276 valence electrons. The smallest absolute Gasteiger partial charge is 0.0541 e. The lowest BCUT2D eigenvalue weighted by Gasteiger charge is -2.29. The third-order valence-corrected chi connectivity index (χ3v) is 11.5. The van der Waals surface area contributed by atoms with Crippen LogP contribution in [0.4, 0.5) is 17.1 Å². The van der Waals surface area contributed by atoms with Crippen molar-refractivity contribution in [3.63, 3.8) is 0 Å². The second-order valence-corrected chi connectivity index (χ2v) is 15.0. The average Bonchev–Trinajstić information content (AvgIpc) is 3.64. The Hall–Kier alpha value is -7.42. The van der Waals surface area contributed by atoms with Crippen molar-refractivity contribution < 1.29 is 0 Å². The van der Waals surface area contributed by atoms with Gasteiger partial charge in [-0.2, -0.15) is 0 Å². The molecule has 10 aromatic rings. The Labute approximate surface area is 340 Å². The first-order valence-corrected chi connectivity index (χ1v) is 20.1. The molecule has 9 aromatic carbocycles. The summed E-state index contributed by atoms with van der Waals surface area (Å²) >= 11 is 0. The highest BCUT2D eigenvalue weighted by Crippen LogP contribution is 2.44. The van der Waals surface area contributed by atoms with Gasteiger partial charge < -0.3 is 9.47 Å². The largest absolute Gasteiger partial charge is 0.310 e. The topological polar surface area (TPSA) is 8.17 Å². The van der Waals surface area contributed by atoms with Gasteiger partial charge in [-0.05, 0) is 99.6 Å². The van der Waals surface area contributed by atoms with Crippen molar-refractivity contribution in [1.82, 2.24) is 4.57 Å². The second-order valence-electron chi connectivity index (χ2n) is 15.0. The fraction of sp³-hybridized carbons (Fsp3) is 0.0357. The maximum atomic E-state index is 2.41. The van der Waals surface area contributed by atoms with E-state index in [-0.39, 0.29) is 5.92 Å². The van der Waals surface area contributed by atoms with Crippen LogP contribution in [0, 0.1) is 0 Å². The summed E-state index contributed by atoms with van der Waals surface area (Å²) in [6, 6.07) is 83.5. The van der Waals surface area contributed by atoms with Crippen LogP contribution in [0.3, 0.4) is 0 Å². The number of fused-ring (bicyclic) bond motifs is 3.